The van der Waals surface area contributed by atoms with Gasteiger partial charge in [0.25, 0.3) is 5.91 Å². The van der Waals surface area contributed by atoms with Gasteiger partial charge in [-0.2, -0.15) is 0 Å². The maximum Gasteiger partial charge on any atom is 0.286 e. The molecular formula is C19H16N4O3. The molecule has 1 aromatic carbocycles. The molecule has 0 saturated carbocycles. The van der Waals surface area contributed by atoms with Crippen LogP contribution in [0.2, 0.25) is 0 Å². The smallest absolute Gasteiger partial charge is 0.286 e. The Kier molecular flexibility index (Phi) is 3.69. The van der Waals surface area contributed by atoms with Gasteiger partial charge >= 0.3 is 0 Å². The van der Waals surface area contributed by atoms with Crippen LogP contribution in [-0.2, 0) is 11.2 Å². The highest BCUT2D eigenvalue weighted by Gasteiger charge is 2.20. The number of carbonyl (C=O) groups is 2. The van der Waals surface area contributed by atoms with E-state index in [0.717, 1.165) is 11.2 Å². The molecule has 7 heteroatoms. The van der Waals surface area contributed by atoms with Gasteiger partial charge in [0.2, 0.25) is 11.7 Å². The quantitative estimate of drug-likeness (QED) is 0.592. The second kappa shape index (κ2) is 6.03. The van der Waals surface area contributed by atoms with E-state index in [2.05, 4.69) is 10.3 Å². The number of para-hydroxylation sites is 1. The van der Waals surface area contributed by atoms with Gasteiger partial charge in [0, 0.05) is 17.8 Å². The number of furan rings is 1. The summed E-state index contributed by atoms with van der Waals surface area (Å²) in [6.07, 6.45) is 3.76. The van der Waals surface area contributed by atoms with Gasteiger partial charge in [-0.25, -0.2) is 4.98 Å². The average Bonchev–Trinajstić information content (AvgIpc) is 3.17. The van der Waals surface area contributed by atoms with Gasteiger partial charge in [-0.1, -0.05) is 18.2 Å². The molecule has 2 amide bonds. The molecule has 0 aliphatic heterocycles. The Morgan fingerprint density at radius 1 is 1.23 bits per heavy atom. The molecule has 4 rings (SSSR count). The molecule has 130 valence electrons. The first kappa shape index (κ1) is 15.9. The topological polar surface area (TPSA) is 103 Å². The van der Waals surface area contributed by atoms with E-state index in [0.29, 0.717) is 16.7 Å². The summed E-state index contributed by atoms with van der Waals surface area (Å²) in [5.74, 6) is -1.11. The molecular weight excluding hydrogens is 332 g/mol. The summed E-state index contributed by atoms with van der Waals surface area (Å²) in [5.41, 5.74) is 8.61. The van der Waals surface area contributed by atoms with E-state index in [1.54, 1.807) is 24.3 Å². The number of rotatable bonds is 4. The molecule has 3 aromatic heterocycles. The minimum absolute atomic E-state index is 0.0644. The van der Waals surface area contributed by atoms with Crippen LogP contribution in [-0.4, -0.2) is 21.2 Å². The van der Waals surface area contributed by atoms with E-state index in [1.807, 2.05) is 35.9 Å². The van der Waals surface area contributed by atoms with Crippen molar-refractivity contribution in [2.24, 2.45) is 5.73 Å². The Balaban J connectivity index is 1.63. The summed E-state index contributed by atoms with van der Waals surface area (Å²) in [5, 5.41) is 3.36. The number of nitrogens with two attached hydrogens (primary N) is 1. The van der Waals surface area contributed by atoms with Crippen molar-refractivity contribution < 1.29 is 14.0 Å². The van der Waals surface area contributed by atoms with E-state index in [9.17, 15) is 9.59 Å². The molecule has 0 fully saturated rings. The number of nitrogens with zero attached hydrogens (tertiary/aromatic N) is 2. The number of fused-ring (bicyclic) bond motifs is 2. The number of carbonyl (C=O) groups excluding carboxylic acids is 2. The SMILES string of the molecule is Cc1cccn2cc(CC(=O)Nc3c(C(N)=O)oc4ccccc34)nc12. The van der Waals surface area contributed by atoms with Crippen molar-refractivity contribution >= 4 is 34.1 Å². The van der Waals surface area contributed by atoms with Crippen LogP contribution in [0.4, 0.5) is 5.69 Å². The van der Waals surface area contributed by atoms with Crippen molar-refractivity contribution in [2.75, 3.05) is 5.32 Å². The van der Waals surface area contributed by atoms with Crippen molar-refractivity contribution in [3.63, 3.8) is 0 Å². The monoisotopic (exact) mass is 348 g/mol. The molecule has 0 unspecified atom stereocenters. The van der Waals surface area contributed by atoms with Gasteiger partial charge in [-0.05, 0) is 30.7 Å². The van der Waals surface area contributed by atoms with Crippen LogP contribution in [0.15, 0.2) is 53.2 Å². The summed E-state index contributed by atoms with van der Waals surface area (Å²) in [6.45, 7) is 1.96. The van der Waals surface area contributed by atoms with Crippen molar-refractivity contribution in [2.45, 2.75) is 13.3 Å². The number of nitrogens with one attached hydrogen (secondary N) is 1. The lowest BCUT2D eigenvalue weighted by atomic mass is 10.2. The molecule has 0 bridgehead atoms. The van der Waals surface area contributed by atoms with Crippen molar-refractivity contribution in [1.82, 2.24) is 9.38 Å². The molecule has 0 spiro atoms. The Bertz CT molecular complexity index is 1160. The lowest BCUT2D eigenvalue weighted by Gasteiger charge is -2.03. The zero-order chi connectivity index (χ0) is 18.3. The first-order chi connectivity index (χ1) is 12.5. The molecule has 7 nitrogen and oxygen atoms in total. The van der Waals surface area contributed by atoms with Crippen LogP contribution in [0, 0.1) is 6.92 Å². The van der Waals surface area contributed by atoms with E-state index in [1.165, 1.54) is 0 Å². The third kappa shape index (κ3) is 2.69. The number of benzene rings is 1. The summed E-state index contributed by atoms with van der Waals surface area (Å²) < 4.78 is 7.34. The Hall–Kier alpha value is -3.61. The zero-order valence-electron chi connectivity index (χ0n) is 14.0. The van der Waals surface area contributed by atoms with Crippen LogP contribution in [0.1, 0.15) is 21.8 Å². The number of hydrogen-bond acceptors (Lipinski definition) is 4. The van der Waals surface area contributed by atoms with Gasteiger partial charge in [-0.3, -0.25) is 9.59 Å². The fourth-order valence-corrected chi connectivity index (χ4v) is 2.98. The predicted octanol–water partition coefficient (Wildman–Crippen LogP) is 2.67. The number of imidazole rings is 1. The van der Waals surface area contributed by atoms with E-state index >= 15 is 0 Å². The summed E-state index contributed by atoms with van der Waals surface area (Å²) in [7, 11) is 0. The van der Waals surface area contributed by atoms with Gasteiger partial charge in [0.15, 0.2) is 0 Å². The number of amides is 2. The standard InChI is InChI=1S/C19H16N4O3/c1-11-5-4-8-23-10-12(21-19(11)23)9-15(24)22-16-13-6-2-3-7-14(13)26-17(16)18(20)25/h2-8,10H,9H2,1H3,(H2,20,25)(H,22,24). The minimum atomic E-state index is -0.736. The highest BCUT2D eigenvalue weighted by molar-refractivity contribution is 6.10. The number of anilines is 1. The fourth-order valence-electron chi connectivity index (χ4n) is 2.98. The number of aromatic nitrogens is 2. The highest BCUT2D eigenvalue weighted by atomic mass is 16.3. The van der Waals surface area contributed by atoms with Crippen LogP contribution in [0.5, 0.6) is 0 Å². The molecule has 0 saturated heterocycles. The highest BCUT2D eigenvalue weighted by Crippen LogP contribution is 2.30. The Morgan fingerprint density at radius 3 is 2.81 bits per heavy atom. The van der Waals surface area contributed by atoms with Gasteiger partial charge < -0.3 is 19.9 Å². The van der Waals surface area contributed by atoms with Crippen molar-refractivity contribution in [1.29, 1.82) is 0 Å². The van der Waals surface area contributed by atoms with Gasteiger partial charge in [0.1, 0.15) is 16.9 Å². The van der Waals surface area contributed by atoms with E-state index < -0.39 is 5.91 Å². The summed E-state index contributed by atoms with van der Waals surface area (Å²) >= 11 is 0. The summed E-state index contributed by atoms with van der Waals surface area (Å²) in [6, 6.07) is 10.9. The zero-order valence-corrected chi connectivity index (χ0v) is 14.0. The number of primary amides is 1. The third-order valence-corrected chi connectivity index (χ3v) is 4.15. The van der Waals surface area contributed by atoms with Crippen LogP contribution in [0.3, 0.4) is 0 Å². The molecule has 0 aliphatic carbocycles. The predicted molar refractivity (Wildman–Crippen MR) is 97.0 cm³/mol. The number of aryl methyl sites for hydroxylation is 1. The number of hydrogen-bond donors (Lipinski definition) is 2. The van der Waals surface area contributed by atoms with Crippen LogP contribution < -0.4 is 11.1 Å². The van der Waals surface area contributed by atoms with E-state index in [-0.39, 0.29) is 23.8 Å². The molecule has 26 heavy (non-hydrogen) atoms. The second-order valence-electron chi connectivity index (χ2n) is 6.05. The Morgan fingerprint density at radius 2 is 2.04 bits per heavy atom. The lowest BCUT2D eigenvalue weighted by Crippen LogP contribution is -2.18. The fraction of sp³-hybridized carbons (Fsp3) is 0.105. The number of pyridine rings is 1. The van der Waals surface area contributed by atoms with Crippen molar-refractivity contribution in [3.8, 4) is 0 Å². The minimum Gasteiger partial charge on any atom is -0.449 e. The van der Waals surface area contributed by atoms with Crippen molar-refractivity contribution in [3.05, 3.63) is 65.8 Å². The maximum atomic E-state index is 12.5. The van der Waals surface area contributed by atoms with Gasteiger partial charge in [0.05, 0.1) is 12.1 Å². The largest absolute Gasteiger partial charge is 0.449 e. The average molecular weight is 348 g/mol. The summed E-state index contributed by atoms with van der Waals surface area (Å²) in [4.78, 5) is 28.6. The molecule has 0 atom stereocenters. The third-order valence-electron chi connectivity index (χ3n) is 4.15. The molecule has 4 aromatic rings. The maximum absolute atomic E-state index is 12.5. The molecule has 3 N–H and O–H groups in total. The van der Waals surface area contributed by atoms with Crippen LogP contribution >= 0.6 is 0 Å². The normalized spacial score (nSPS) is 11.1. The first-order valence-electron chi connectivity index (χ1n) is 8.07. The van der Waals surface area contributed by atoms with Crippen LogP contribution in [0.25, 0.3) is 16.6 Å². The Labute approximate surface area is 148 Å². The molecule has 3 heterocycles. The lowest BCUT2D eigenvalue weighted by molar-refractivity contribution is -0.115. The van der Waals surface area contributed by atoms with Gasteiger partial charge in [-0.15, -0.1) is 0 Å². The second-order valence-corrected chi connectivity index (χ2v) is 6.05. The molecule has 0 radical (unpaired) electrons. The molecule has 0 aliphatic rings. The van der Waals surface area contributed by atoms with E-state index in [4.69, 9.17) is 10.2 Å². The first-order valence-corrected chi connectivity index (χ1v) is 8.07.